The van der Waals surface area contributed by atoms with Crippen LogP contribution in [0.5, 0.6) is 5.75 Å². The van der Waals surface area contributed by atoms with Crippen LogP contribution < -0.4 is 5.73 Å². The van der Waals surface area contributed by atoms with Crippen molar-refractivity contribution in [3.8, 4) is 5.75 Å². The Morgan fingerprint density at radius 2 is 1.84 bits per heavy atom. The van der Waals surface area contributed by atoms with Gasteiger partial charge in [-0.3, -0.25) is 0 Å². The van der Waals surface area contributed by atoms with Crippen molar-refractivity contribution in [2.75, 3.05) is 18.8 Å². The molecule has 0 unspecified atom stereocenters. The topological polar surface area (TPSA) is 83.6 Å². The van der Waals surface area contributed by atoms with Crippen LogP contribution in [0.4, 0.5) is 5.69 Å². The number of piperidine rings is 1. The van der Waals surface area contributed by atoms with Gasteiger partial charge in [-0.1, -0.05) is 13.8 Å². The summed E-state index contributed by atoms with van der Waals surface area (Å²) in [6, 6.07) is 4.02. The Balaban J connectivity index is 2.25. The molecule has 0 saturated carbocycles. The van der Waals surface area contributed by atoms with Gasteiger partial charge in [0.2, 0.25) is 10.0 Å². The molecule has 0 spiro atoms. The molecule has 3 N–H and O–H groups in total. The molecule has 0 bridgehead atoms. The van der Waals surface area contributed by atoms with E-state index in [0.717, 1.165) is 12.8 Å². The molecule has 5 nitrogen and oxygen atoms in total. The summed E-state index contributed by atoms with van der Waals surface area (Å²) < 4.78 is 26.4. The molecule has 19 heavy (non-hydrogen) atoms. The average Bonchev–Trinajstić information content (AvgIpc) is 2.32. The summed E-state index contributed by atoms with van der Waals surface area (Å²) in [5.74, 6) is -0.0984. The predicted octanol–water partition coefficient (Wildman–Crippen LogP) is 1.79. The first-order valence-corrected chi connectivity index (χ1v) is 7.75. The minimum Gasteiger partial charge on any atom is -0.506 e. The Hall–Kier alpha value is -1.27. The first-order chi connectivity index (χ1) is 8.72. The molecule has 0 aromatic heterocycles. The van der Waals surface area contributed by atoms with Crippen LogP contribution in [0, 0.1) is 5.41 Å². The summed E-state index contributed by atoms with van der Waals surface area (Å²) in [6.45, 7) is 5.34. The molecule has 106 valence electrons. The molecule has 1 saturated heterocycles. The molecule has 0 radical (unpaired) electrons. The molecule has 0 aliphatic carbocycles. The Kier molecular flexibility index (Phi) is 3.49. The number of phenolic OH excluding ortho intramolecular Hbond substituents is 1. The lowest BCUT2D eigenvalue weighted by molar-refractivity contribution is 0.196. The number of nitrogens with two attached hydrogens (primary N) is 1. The molecule has 1 aromatic carbocycles. The van der Waals surface area contributed by atoms with E-state index in [4.69, 9.17) is 5.73 Å². The first-order valence-electron chi connectivity index (χ1n) is 6.31. The van der Waals surface area contributed by atoms with Crippen molar-refractivity contribution in [2.45, 2.75) is 31.6 Å². The lowest BCUT2D eigenvalue weighted by Crippen LogP contribution is -2.41. The predicted molar refractivity (Wildman–Crippen MR) is 74.3 cm³/mol. The number of nitrogen functional groups attached to an aromatic ring is 1. The summed E-state index contributed by atoms with van der Waals surface area (Å²) in [5, 5.41) is 9.35. The van der Waals surface area contributed by atoms with Crippen molar-refractivity contribution in [2.24, 2.45) is 5.41 Å². The highest BCUT2D eigenvalue weighted by atomic mass is 32.2. The number of anilines is 1. The molecule has 0 atom stereocenters. The van der Waals surface area contributed by atoms with Gasteiger partial charge >= 0.3 is 0 Å². The van der Waals surface area contributed by atoms with Crippen LogP contribution >= 0.6 is 0 Å². The smallest absolute Gasteiger partial charge is 0.243 e. The van der Waals surface area contributed by atoms with Crippen LogP contribution in [-0.4, -0.2) is 30.9 Å². The third-order valence-electron chi connectivity index (χ3n) is 3.71. The van der Waals surface area contributed by atoms with Crippen LogP contribution in [0.25, 0.3) is 0 Å². The van der Waals surface area contributed by atoms with Crippen molar-refractivity contribution in [3.63, 3.8) is 0 Å². The van der Waals surface area contributed by atoms with Crippen molar-refractivity contribution < 1.29 is 13.5 Å². The van der Waals surface area contributed by atoms with E-state index < -0.39 is 10.0 Å². The summed E-state index contributed by atoms with van der Waals surface area (Å²) in [7, 11) is -3.51. The highest BCUT2D eigenvalue weighted by molar-refractivity contribution is 7.89. The molecule has 1 heterocycles. The van der Waals surface area contributed by atoms with Gasteiger partial charge < -0.3 is 10.8 Å². The number of phenols is 1. The normalized spacial score (nSPS) is 20.3. The zero-order valence-corrected chi connectivity index (χ0v) is 12.1. The minimum absolute atomic E-state index is 0.0819. The van der Waals surface area contributed by atoms with Gasteiger partial charge in [0.1, 0.15) is 5.75 Å². The number of sulfonamides is 1. The average molecular weight is 284 g/mol. The number of nitrogens with zero attached hydrogens (tertiary/aromatic N) is 1. The van der Waals surface area contributed by atoms with Crippen molar-refractivity contribution in [1.29, 1.82) is 0 Å². The van der Waals surface area contributed by atoms with E-state index >= 15 is 0 Å². The fraction of sp³-hybridized carbons (Fsp3) is 0.538. The quantitative estimate of drug-likeness (QED) is 0.640. The van der Waals surface area contributed by atoms with E-state index in [1.165, 1.54) is 22.5 Å². The zero-order chi connectivity index (χ0) is 14.3. The Morgan fingerprint density at radius 1 is 1.26 bits per heavy atom. The van der Waals surface area contributed by atoms with Gasteiger partial charge in [-0.15, -0.1) is 0 Å². The number of hydrogen-bond acceptors (Lipinski definition) is 4. The van der Waals surface area contributed by atoms with Gasteiger partial charge in [-0.2, -0.15) is 4.31 Å². The Morgan fingerprint density at radius 3 is 2.37 bits per heavy atom. The monoisotopic (exact) mass is 284 g/mol. The molecule has 0 amide bonds. The van der Waals surface area contributed by atoms with E-state index in [9.17, 15) is 13.5 Å². The van der Waals surface area contributed by atoms with Crippen LogP contribution in [0.1, 0.15) is 26.7 Å². The van der Waals surface area contributed by atoms with Gasteiger partial charge in [0.25, 0.3) is 0 Å². The summed E-state index contributed by atoms with van der Waals surface area (Å²) in [4.78, 5) is 0.141. The van der Waals surface area contributed by atoms with Gasteiger partial charge in [0.15, 0.2) is 0 Å². The fourth-order valence-electron chi connectivity index (χ4n) is 2.17. The lowest BCUT2D eigenvalue weighted by atomic mass is 9.83. The summed E-state index contributed by atoms with van der Waals surface area (Å²) in [5.41, 5.74) is 5.83. The van der Waals surface area contributed by atoms with E-state index in [2.05, 4.69) is 13.8 Å². The molecular weight excluding hydrogens is 264 g/mol. The third kappa shape index (κ3) is 2.84. The SMILES string of the molecule is CC1(C)CCN(S(=O)(=O)c2ccc(O)c(N)c2)CC1. The molecule has 1 fully saturated rings. The van der Waals surface area contributed by atoms with Crippen LogP contribution in [0.2, 0.25) is 0 Å². The van der Waals surface area contributed by atoms with Crippen LogP contribution in [0.15, 0.2) is 23.1 Å². The summed E-state index contributed by atoms with van der Waals surface area (Å²) in [6.07, 6.45) is 1.69. The van der Waals surface area contributed by atoms with Crippen LogP contribution in [0.3, 0.4) is 0 Å². The molecule has 1 aliphatic heterocycles. The minimum atomic E-state index is -3.51. The first kappa shape index (κ1) is 14.1. The van der Waals surface area contributed by atoms with E-state index in [0.29, 0.717) is 13.1 Å². The Bertz CT molecular complexity index is 572. The van der Waals surface area contributed by atoms with Crippen LogP contribution in [-0.2, 0) is 10.0 Å². The molecule has 1 aromatic rings. The summed E-state index contributed by atoms with van der Waals surface area (Å²) >= 11 is 0. The van der Waals surface area contributed by atoms with E-state index in [-0.39, 0.29) is 21.7 Å². The molecule has 6 heteroatoms. The standard InChI is InChI=1S/C13H20N2O3S/c1-13(2)5-7-15(8-6-13)19(17,18)10-3-4-12(16)11(14)9-10/h3-4,9,16H,5-8,14H2,1-2H3. The van der Waals surface area contributed by atoms with Crippen molar-refractivity contribution in [1.82, 2.24) is 4.31 Å². The van der Waals surface area contributed by atoms with Gasteiger partial charge in [-0.05, 0) is 36.5 Å². The van der Waals surface area contributed by atoms with Crippen molar-refractivity contribution in [3.05, 3.63) is 18.2 Å². The second-order valence-corrected chi connectivity index (χ2v) is 7.73. The fourth-order valence-corrected chi connectivity index (χ4v) is 3.65. The second-order valence-electron chi connectivity index (χ2n) is 5.79. The number of aromatic hydroxyl groups is 1. The maximum absolute atomic E-state index is 12.5. The zero-order valence-electron chi connectivity index (χ0n) is 11.3. The van der Waals surface area contributed by atoms with E-state index in [1.54, 1.807) is 0 Å². The highest BCUT2D eigenvalue weighted by Gasteiger charge is 2.32. The maximum Gasteiger partial charge on any atom is 0.243 e. The largest absolute Gasteiger partial charge is 0.506 e. The van der Waals surface area contributed by atoms with Gasteiger partial charge in [-0.25, -0.2) is 8.42 Å². The maximum atomic E-state index is 12.5. The molecular formula is C13H20N2O3S. The number of benzene rings is 1. The molecule has 1 aliphatic rings. The second kappa shape index (κ2) is 4.68. The molecule has 2 rings (SSSR count). The third-order valence-corrected chi connectivity index (χ3v) is 5.61. The highest BCUT2D eigenvalue weighted by Crippen LogP contribution is 2.33. The van der Waals surface area contributed by atoms with Gasteiger partial charge in [0.05, 0.1) is 10.6 Å². The Labute approximate surface area is 114 Å². The number of hydrogen-bond donors (Lipinski definition) is 2. The van der Waals surface area contributed by atoms with E-state index in [1.807, 2.05) is 0 Å². The van der Waals surface area contributed by atoms with Gasteiger partial charge in [0, 0.05) is 13.1 Å². The number of rotatable bonds is 2. The lowest BCUT2D eigenvalue weighted by Gasteiger charge is -2.36. The van der Waals surface area contributed by atoms with Crippen molar-refractivity contribution >= 4 is 15.7 Å².